The van der Waals surface area contributed by atoms with Crippen molar-refractivity contribution < 1.29 is 0 Å². The predicted molar refractivity (Wildman–Crippen MR) is 78.3 cm³/mol. The Morgan fingerprint density at radius 2 is 2.22 bits per heavy atom. The van der Waals surface area contributed by atoms with Crippen LogP contribution >= 0.6 is 11.6 Å². The van der Waals surface area contributed by atoms with Crippen LogP contribution in [0.2, 0.25) is 5.02 Å². The van der Waals surface area contributed by atoms with E-state index in [4.69, 9.17) is 11.6 Å². The fraction of sp³-hybridized carbons (Fsp3) is 0.500. The molecule has 2 aromatic rings. The lowest BCUT2D eigenvalue weighted by atomic mass is 9.82. The Labute approximate surface area is 114 Å². The quantitative estimate of drug-likeness (QED) is 0.785. The van der Waals surface area contributed by atoms with Crippen LogP contribution in [0.1, 0.15) is 37.9 Å². The fourth-order valence-corrected chi connectivity index (χ4v) is 3.50. The van der Waals surface area contributed by atoms with Gasteiger partial charge in [0.1, 0.15) is 0 Å². The van der Waals surface area contributed by atoms with Crippen molar-refractivity contribution in [2.24, 2.45) is 11.8 Å². The normalized spacial score (nSPS) is 19.4. The smallest absolute Gasteiger partial charge is 0.0460 e. The lowest BCUT2D eigenvalue weighted by Crippen LogP contribution is -2.15. The average Bonchev–Trinajstić information content (AvgIpc) is 2.66. The van der Waals surface area contributed by atoms with Crippen molar-refractivity contribution in [1.29, 1.82) is 0 Å². The highest BCUT2D eigenvalue weighted by Crippen LogP contribution is 2.35. The van der Waals surface area contributed by atoms with Crippen molar-refractivity contribution in [3.8, 4) is 0 Å². The van der Waals surface area contributed by atoms with E-state index in [1.165, 1.54) is 47.8 Å². The topological polar surface area (TPSA) is 15.8 Å². The van der Waals surface area contributed by atoms with E-state index in [-0.39, 0.29) is 0 Å². The molecule has 1 heterocycles. The fourth-order valence-electron chi connectivity index (χ4n) is 3.33. The van der Waals surface area contributed by atoms with Gasteiger partial charge in [0.2, 0.25) is 0 Å². The van der Waals surface area contributed by atoms with Crippen LogP contribution in [0.25, 0.3) is 10.9 Å². The summed E-state index contributed by atoms with van der Waals surface area (Å²) < 4.78 is 0. The van der Waals surface area contributed by atoms with Gasteiger partial charge in [-0.15, -0.1) is 0 Å². The SMILES string of the molecule is CC(C)CC1CCc2[nH]c3ccc(Cl)cc3c2C1. The van der Waals surface area contributed by atoms with Crippen molar-refractivity contribution in [3.63, 3.8) is 0 Å². The molecule has 0 radical (unpaired) electrons. The number of aromatic amines is 1. The summed E-state index contributed by atoms with van der Waals surface area (Å²) in [5, 5.41) is 2.18. The van der Waals surface area contributed by atoms with E-state index in [1.807, 2.05) is 6.07 Å². The molecule has 18 heavy (non-hydrogen) atoms. The Hall–Kier alpha value is -0.950. The van der Waals surface area contributed by atoms with Crippen LogP contribution in [-0.4, -0.2) is 4.98 Å². The number of fused-ring (bicyclic) bond motifs is 3. The van der Waals surface area contributed by atoms with Gasteiger partial charge in [-0.25, -0.2) is 0 Å². The van der Waals surface area contributed by atoms with Gasteiger partial charge in [-0.1, -0.05) is 25.4 Å². The number of benzene rings is 1. The minimum Gasteiger partial charge on any atom is -0.358 e. The van der Waals surface area contributed by atoms with Crippen LogP contribution in [0.15, 0.2) is 18.2 Å². The second kappa shape index (κ2) is 4.62. The van der Waals surface area contributed by atoms with Gasteiger partial charge < -0.3 is 4.98 Å². The van der Waals surface area contributed by atoms with E-state index in [1.54, 1.807) is 0 Å². The number of H-pyrrole nitrogens is 1. The Balaban J connectivity index is 1.98. The molecule has 1 N–H and O–H groups in total. The Morgan fingerprint density at radius 1 is 1.39 bits per heavy atom. The number of aromatic nitrogens is 1. The van der Waals surface area contributed by atoms with E-state index in [2.05, 4.69) is 31.0 Å². The average molecular weight is 262 g/mol. The van der Waals surface area contributed by atoms with Gasteiger partial charge in [-0.2, -0.15) is 0 Å². The lowest BCUT2D eigenvalue weighted by Gasteiger charge is -2.24. The third-order valence-electron chi connectivity index (χ3n) is 4.06. The van der Waals surface area contributed by atoms with E-state index in [9.17, 15) is 0 Å². The largest absolute Gasteiger partial charge is 0.358 e. The Morgan fingerprint density at radius 3 is 3.00 bits per heavy atom. The molecule has 0 saturated carbocycles. The number of hydrogen-bond acceptors (Lipinski definition) is 0. The molecule has 0 aliphatic heterocycles. The third kappa shape index (κ3) is 2.16. The highest BCUT2D eigenvalue weighted by molar-refractivity contribution is 6.31. The first-order valence-electron chi connectivity index (χ1n) is 6.92. The summed E-state index contributed by atoms with van der Waals surface area (Å²) in [7, 11) is 0. The van der Waals surface area contributed by atoms with E-state index >= 15 is 0 Å². The maximum Gasteiger partial charge on any atom is 0.0460 e. The summed E-state index contributed by atoms with van der Waals surface area (Å²) in [5.41, 5.74) is 4.20. The van der Waals surface area contributed by atoms with E-state index in [0.29, 0.717) is 0 Å². The summed E-state index contributed by atoms with van der Waals surface area (Å²) in [6.07, 6.45) is 5.07. The maximum atomic E-state index is 6.12. The van der Waals surface area contributed by atoms with Gasteiger partial charge in [0, 0.05) is 21.6 Å². The van der Waals surface area contributed by atoms with Gasteiger partial charge in [-0.3, -0.25) is 0 Å². The molecule has 0 fully saturated rings. The second-order valence-corrected chi connectivity index (χ2v) is 6.45. The van der Waals surface area contributed by atoms with Crippen molar-refractivity contribution in [2.75, 3.05) is 0 Å². The van der Waals surface area contributed by atoms with Crippen LogP contribution < -0.4 is 0 Å². The highest BCUT2D eigenvalue weighted by Gasteiger charge is 2.23. The van der Waals surface area contributed by atoms with Crippen molar-refractivity contribution in [1.82, 2.24) is 4.98 Å². The van der Waals surface area contributed by atoms with Gasteiger partial charge in [-0.05, 0) is 61.3 Å². The molecule has 1 aliphatic carbocycles. The van der Waals surface area contributed by atoms with Crippen molar-refractivity contribution in [3.05, 3.63) is 34.5 Å². The zero-order valence-corrected chi connectivity index (χ0v) is 11.8. The first-order chi connectivity index (χ1) is 8.63. The molecule has 1 aromatic heterocycles. The van der Waals surface area contributed by atoms with Crippen molar-refractivity contribution >= 4 is 22.5 Å². The molecular weight excluding hydrogens is 242 g/mol. The van der Waals surface area contributed by atoms with Crippen molar-refractivity contribution in [2.45, 2.75) is 39.5 Å². The Bertz CT molecular complexity index is 568. The van der Waals surface area contributed by atoms with E-state index < -0.39 is 0 Å². The first-order valence-corrected chi connectivity index (χ1v) is 7.30. The summed E-state index contributed by atoms with van der Waals surface area (Å²) in [5.74, 6) is 1.64. The lowest BCUT2D eigenvalue weighted by molar-refractivity contribution is 0.369. The summed E-state index contributed by atoms with van der Waals surface area (Å²) in [6, 6.07) is 6.19. The molecule has 1 aliphatic rings. The first kappa shape index (κ1) is 12.1. The van der Waals surface area contributed by atoms with Gasteiger partial charge in [0.25, 0.3) is 0 Å². The molecule has 1 nitrogen and oxygen atoms in total. The molecule has 96 valence electrons. The monoisotopic (exact) mass is 261 g/mol. The highest BCUT2D eigenvalue weighted by atomic mass is 35.5. The van der Waals surface area contributed by atoms with Gasteiger partial charge in [0.05, 0.1) is 0 Å². The number of aryl methyl sites for hydroxylation is 1. The number of rotatable bonds is 2. The molecular formula is C16H20ClN. The molecule has 3 rings (SSSR count). The van der Waals surface area contributed by atoms with E-state index in [0.717, 1.165) is 16.9 Å². The molecule has 0 bridgehead atoms. The zero-order valence-electron chi connectivity index (χ0n) is 11.1. The summed E-state index contributed by atoms with van der Waals surface area (Å²) in [6.45, 7) is 4.64. The van der Waals surface area contributed by atoms with Crippen LogP contribution in [0.4, 0.5) is 0 Å². The Kier molecular flexibility index (Phi) is 3.11. The number of halogens is 1. The van der Waals surface area contributed by atoms with Gasteiger partial charge >= 0.3 is 0 Å². The molecule has 0 spiro atoms. The molecule has 1 aromatic carbocycles. The van der Waals surface area contributed by atoms with Gasteiger partial charge in [0.15, 0.2) is 0 Å². The molecule has 0 saturated heterocycles. The third-order valence-corrected chi connectivity index (χ3v) is 4.29. The number of hydrogen-bond donors (Lipinski definition) is 1. The van der Waals surface area contributed by atoms with Crippen LogP contribution in [-0.2, 0) is 12.8 Å². The minimum absolute atomic E-state index is 0.797. The van der Waals surface area contributed by atoms with Crippen LogP contribution in [0.5, 0.6) is 0 Å². The second-order valence-electron chi connectivity index (χ2n) is 6.01. The van der Waals surface area contributed by atoms with Crippen LogP contribution in [0, 0.1) is 11.8 Å². The number of nitrogens with one attached hydrogen (secondary N) is 1. The molecule has 1 atom stereocenters. The predicted octanol–water partition coefficient (Wildman–Crippen LogP) is 4.97. The summed E-state index contributed by atoms with van der Waals surface area (Å²) in [4.78, 5) is 3.56. The zero-order chi connectivity index (χ0) is 12.7. The minimum atomic E-state index is 0.797. The molecule has 2 heteroatoms. The molecule has 1 unspecified atom stereocenters. The maximum absolute atomic E-state index is 6.12. The standard InChI is InChI=1S/C16H20ClN/c1-10(2)7-11-3-5-15-13(8-11)14-9-12(17)4-6-16(14)18-15/h4,6,9-11,18H,3,5,7-8H2,1-2H3. The summed E-state index contributed by atoms with van der Waals surface area (Å²) >= 11 is 6.12. The van der Waals surface area contributed by atoms with Crippen LogP contribution in [0.3, 0.4) is 0 Å². The molecule has 0 amide bonds.